The minimum atomic E-state index is -0.416. The van der Waals surface area contributed by atoms with Crippen LogP contribution in [-0.4, -0.2) is 41.0 Å². The summed E-state index contributed by atoms with van der Waals surface area (Å²) in [5, 5.41) is 4.99. The molecule has 0 saturated carbocycles. The predicted molar refractivity (Wildman–Crippen MR) is 103 cm³/mol. The van der Waals surface area contributed by atoms with Crippen LogP contribution in [-0.2, 0) is 9.59 Å². The first-order valence-electron chi connectivity index (χ1n) is 9.29. The van der Waals surface area contributed by atoms with Gasteiger partial charge in [0.25, 0.3) is 5.91 Å². The molecule has 0 aromatic heterocycles. The van der Waals surface area contributed by atoms with Crippen LogP contribution in [0.5, 0.6) is 0 Å². The molecule has 3 atom stereocenters. The zero-order valence-corrected chi connectivity index (χ0v) is 15.8. The van der Waals surface area contributed by atoms with Gasteiger partial charge in [0.15, 0.2) is 0 Å². The van der Waals surface area contributed by atoms with E-state index in [1.807, 2.05) is 55.5 Å². The molecule has 3 aliphatic rings. The van der Waals surface area contributed by atoms with E-state index >= 15 is 0 Å². The molecule has 0 aliphatic carbocycles. The Hall–Kier alpha value is -2.21. The average Bonchev–Trinajstić information content (AvgIpc) is 3.28. The zero-order valence-electron chi connectivity index (χ0n) is 15.0. The lowest BCUT2D eigenvalue weighted by molar-refractivity contribution is -0.126. The molecule has 3 saturated heterocycles. The number of fused-ring (bicyclic) bond motifs is 3. The van der Waals surface area contributed by atoms with Crippen molar-refractivity contribution in [3.63, 3.8) is 0 Å². The number of hydrogen-bond donors (Lipinski definition) is 0. The summed E-state index contributed by atoms with van der Waals surface area (Å²) in [6.45, 7) is 3.64. The first kappa shape index (κ1) is 16.9. The van der Waals surface area contributed by atoms with Crippen LogP contribution in [0.3, 0.4) is 0 Å². The molecule has 6 heteroatoms. The normalized spacial score (nSPS) is 28.1. The summed E-state index contributed by atoms with van der Waals surface area (Å²) < 4.78 is 0. The SMILES string of the molecule is Cc1cccc(N2C(=O)[C@H]3[C@@H](C2=O)N2CCCN2[C@H]3c2ccc(Cl)cc2)c1. The summed E-state index contributed by atoms with van der Waals surface area (Å²) in [4.78, 5) is 28.1. The van der Waals surface area contributed by atoms with E-state index in [0.717, 1.165) is 30.6 Å². The number of halogens is 1. The van der Waals surface area contributed by atoms with Crippen LogP contribution in [0, 0.1) is 12.8 Å². The zero-order chi connectivity index (χ0) is 18.7. The van der Waals surface area contributed by atoms with Gasteiger partial charge >= 0.3 is 0 Å². The molecule has 5 nitrogen and oxygen atoms in total. The van der Waals surface area contributed by atoms with Crippen LogP contribution in [0.4, 0.5) is 5.69 Å². The predicted octanol–water partition coefficient (Wildman–Crippen LogP) is 3.18. The smallest absolute Gasteiger partial charge is 0.253 e. The number of rotatable bonds is 2. The molecule has 0 spiro atoms. The van der Waals surface area contributed by atoms with Crippen LogP contribution >= 0.6 is 11.6 Å². The third kappa shape index (κ3) is 2.46. The van der Waals surface area contributed by atoms with E-state index in [2.05, 4.69) is 10.0 Å². The van der Waals surface area contributed by atoms with Gasteiger partial charge in [-0.05, 0) is 48.7 Å². The third-order valence-electron chi connectivity index (χ3n) is 5.88. The molecule has 2 amide bonds. The Morgan fingerprint density at radius 3 is 2.33 bits per heavy atom. The van der Waals surface area contributed by atoms with Gasteiger partial charge in [0, 0.05) is 18.1 Å². The number of imide groups is 1. The van der Waals surface area contributed by atoms with E-state index in [1.165, 1.54) is 4.90 Å². The topological polar surface area (TPSA) is 43.9 Å². The Bertz CT molecular complexity index is 929. The molecule has 138 valence electrons. The summed E-state index contributed by atoms with van der Waals surface area (Å²) >= 11 is 6.06. The maximum atomic E-state index is 13.4. The van der Waals surface area contributed by atoms with Gasteiger partial charge in [-0.25, -0.2) is 14.9 Å². The van der Waals surface area contributed by atoms with Gasteiger partial charge in [-0.2, -0.15) is 0 Å². The molecule has 5 rings (SSSR count). The summed E-state index contributed by atoms with van der Waals surface area (Å²) in [7, 11) is 0. The van der Waals surface area contributed by atoms with Crippen molar-refractivity contribution in [2.24, 2.45) is 5.92 Å². The Kier molecular flexibility index (Phi) is 3.86. The molecule has 27 heavy (non-hydrogen) atoms. The summed E-state index contributed by atoms with van der Waals surface area (Å²) in [5.74, 6) is -0.608. The molecule has 2 aromatic carbocycles. The number of benzene rings is 2. The van der Waals surface area contributed by atoms with Crippen molar-refractivity contribution in [3.05, 3.63) is 64.7 Å². The van der Waals surface area contributed by atoms with Crippen molar-refractivity contribution in [2.75, 3.05) is 18.0 Å². The van der Waals surface area contributed by atoms with E-state index in [9.17, 15) is 9.59 Å². The first-order chi connectivity index (χ1) is 13.1. The lowest BCUT2D eigenvalue weighted by Crippen LogP contribution is -2.44. The van der Waals surface area contributed by atoms with Gasteiger partial charge in [-0.3, -0.25) is 9.59 Å². The largest absolute Gasteiger partial charge is 0.274 e. The molecular weight excluding hydrogens is 362 g/mol. The van der Waals surface area contributed by atoms with E-state index in [0.29, 0.717) is 10.7 Å². The lowest BCUT2D eigenvalue weighted by Gasteiger charge is -2.29. The third-order valence-corrected chi connectivity index (χ3v) is 6.13. The Morgan fingerprint density at radius 1 is 0.926 bits per heavy atom. The number of nitrogens with zero attached hydrogens (tertiary/aromatic N) is 3. The highest BCUT2D eigenvalue weighted by atomic mass is 35.5. The van der Waals surface area contributed by atoms with Crippen LogP contribution in [0.1, 0.15) is 23.6 Å². The van der Waals surface area contributed by atoms with Crippen molar-refractivity contribution in [3.8, 4) is 0 Å². The van der Waals surface area contributed by atoms with Gasteiger partial charge in [-0.1, -0.05) is 35.9 Å². The minimum absolute atomic E-state index is 0.107. The van der Waals surface area contributed by atoms with E-state index in [1.54, 1.807) is 0 Å². The average molecular weight is 382 g/mol. The number of hydrogen-bond acceptors (Lipinski definition) is 4. The van der Waals surface area contributed by atoms with Crippen molar-refractivity contribution >= 4 is 29.1 Å². The number of carbonyl (C=O) groups is 2. The summed E-state index contributed by atoms with van der Waals surface area (Å²) in [6, 6.07) is 14.7. The molecule has 3 heterocycles. The number of carbonyl (C=O) groups excluding carboxylic acids is 2. The molecular formula is C21H20ClN3O2. The number of anilines is 1. The number of aryl methyl sites for hydroxylation is 1. The van der Waals surface area contributed by atoms with E-state index in [-0.39, 0.29) is 23.8 Å². The number of hydrazine groups is 1. The molecule has 3 aliphatic heterocycles. The highest BCUT2D eigenvalue weighted by Crippen LogP contribution is 2.49. The van der Waals surface area contributed by atoms with Crippen LogP contribution in [0.15, 0.2) is 48.5 Å². The van der Waals surface area contributed by atoms with Gasteiger partial charge in [0.1, 0.15) is 6.04 Å². The summed E-state index contributed by atoms with van der Waals surface area (Å²) in [6.07, 6.45) is 0.999. The fourth-order valence-corrected chi connectivity index (χ4v) is 4.92. The van der Waals surface area contributed by atoms with Crippen LogP contribution < -0.4 is 4.90 Å². The first-order valence-corrected chi connectivity index (χ1v) is 9.67. The Morgan fingerprint density at radius 2 is 1.63 bits per heavy atom. The molecule has 0 unspecified atom stereocenters. The Labute approximate surface area is 163 Å². The van der Waals surface area contributed by atoms with Crippen molar-refractivity contribution in [2.45, 2.75) is 25.4 Å². The second-order valence-corrected chi connectivity index (χ2v) is 7.93. The van der Waals surface area contributed by atoms with Gasteiger partial charge in [-0.15, -0.1) is 0 Å². The van der Waals surface area contributed by atoms with Crippen LogP contribution in [0.25, 0.3) is 0 Å². The van der Waals surface area contributed by atoms with Crippen LogP contribution in [0.2, 0.25) is 5.02 Å². The van der Waals surface area contributed by atoms with Crippen molar-refractivity contribution in [1.82, 2.24) is 10.0 Å². The molecule has 0 radical (unpaired) electrons. The van der Waals surface area contributed by atoms with Crippen molar-refractivity contribution in [1.29, 1.82) is 0 Å². The summed E-state index contributed by atoms with van der Waals surface area (Å²) in [5.41, 5.74) is 2.73. The van der Waals surface area contributed by atoms with E-state index < -0.39 is 6.04 Å². The molecule has 3 fully saturated rings. The fourth-order valence-electron chi connectivity index (χ4n) is 4.79. The quantitative estimate of drug-likeness (QED) is 0.749. The standard InChI is InChI=1S/C21H20ClN3O2/c1-13-4-2-5-16(12-13)25-20(26)17-18(14-6-8-15(22)9-7-14)23-10-3-11-24(23)19(17)21(25)27/h2,4-9,12,17-19H,3,10-11H2,1H3/t17-,18+,19+/m1/s1. The fraction of sp³-hybridized carbons (Fsp3) is 0.333. The van der Waals surface area contributed by atoms with Gasteiger partial charge in [0.2, 0.25) is 5.91 Å². The number of amides is 2. The monoisotopic (exact) mass is 381 g/mol. The van der Waals surface area contributed by atoms with Gasteiger partial charge in [0.05, 0.1) is 17.6 Å². The minimum Gasteiger partial charge on any atom is -0.274 e. The second kappa shape index (κ2) is 6.16. The molecule has 0 N–H and O–H groups in total. The second-order valence-electron chi connectivity index (χ2n) is 7.50. The maximum absolute atomic E-state index is 13.4. The highest BCUT2D eigenvalue weighted by Gasteiger charge is 2.62. The highest BCUT2D eigenvalue weighted by molar-refractivity contribution is 6.30. The van der Waals surface area contributed by atoms with Gasteiger partial charge < -0.3 is 0 Å². The lowest BCUT2D eigenvalue weighted by atomic mass is 9.90. The molecule has 2 aromatic rings. The van der Waals surface area contributed by atoms with E-state index in [4.69, 9.17) is 11.6 Å². The maximum Gasteiger partial charge on any atom is 0.253 e. The van der Waals surface area contributed by atoms with Crippen molar-refractivity contribution < 1.29 is 9.59 Å². The Balaban J connectivity index is 1.59. The molecule has 0 bridgehead atoms.